The zero-order valence-electron chi connectivity index (χ0n) is 13.5. The van der Waals surface area contributed by atoms with Gasteiger partial charge in [0.05, 0.1) is 17.5 Å². The number of pyridine rings is 1. The molecule has 0 aliphatic rings. The highest BCUT2D eigenvalue weighted by atomic mass is 19.4. The molecule has 0 saturated heterocycles. The summed E-state index contributed by atoms with van der Waals surface area (Å²) in [4.78, 5) is 4.31. The van der Waals surface area contributed by atoms with Crippen LogP contribution in [0.3, 0.4) is 0 Å². The molecule has 0 radical (unpaired) electrons. The van der Waals surface area contributed by atoms with Gasteiger partial charge in [-0.15, -0.1) is 5.10 Å². The number of anilines is 1. The minimum absolute atomic E-state index is 0.289. The van der Waals surface area contributed by atoms with Crippen LogP contribution >= 0.6 is 0 Å². The Labute approximate surface area is 141 Å². The second-order valence-corrected chi connectivity index (χ2v) is 6.08. The number of aliphatic hydroxyl groups is 1. The van der Waals surface area contributed by atoms with Crippen LogP contribution in [-0.2, 0) is 5.60 Å². The van der Waals surface area contributed by atoms with Gasteiger partial charge in [0, 0.05) is 28.1 Å². The van der Waals surface area contributed by atoms with Gasteiger partial charge in [-0.3, -0.25) is 10.3 Å². The molecule has 2 N–H and O–H groups in total. The molecule has 25 heavy (non-hydrogen) atoms. The first-order valence-corrected chi connectivity index (χ1v) is 7.44. The summed E-state index contributed by atoms with van der Waals surface area (Å²) >= 11 is 0. The molecule has 8 heteroatoms. The lowest BCUT2D eigenvalue weighted by Crippen LogP contribution is -2.21. The maximum Gasteiger partial charge on any atom is 0.483 e. The molecule has 2 aromatic heterocycles. The molecule has 0 bridgehead atoms. The first kappa shape index (κ1) is 17.1. The van der Waals surface area contributed by atoms with Crippen LogP contribution in [-0.4, -0.2) is 26.6 Å². The normalized spacial score (nSPS) is 12.4. The fourth-order valence-corrected chi connectivity index (χ4v) is 2.59. The second-order valence-electron chi connectivity index (χ2n) is 6.08. The molecule has 0 amide bonds. The molecule has 2 heterocycles. The zero-order valence-corrected chi connectivity index (χ0v) is 13.5. The standard InChI is InChI=1S/C17H15F3N4O/c1-16(2,25)13-4-3-7-21-14(13)10-5-6-12-11(8-10)9-22-24-15(12)23-17(18,19)20/h3-9,25H,1-2H3,(H,23,24). The number of nitrogens with one attached hydrogen (secondary N) is 1. The van der Waals surface area contributed by atoms with Crippen LogP contribution < -0.4 is 5.32 Å². The summed E-state index contributed by atoms with van der Waals surface area (Å²) in [5.41, 5.74) is 0.720. The van der Waals surface area contributed by atoms with Crippen molar-refractivity contribution in [2.75, 3.05) is 5.32 Å². The van der Waals surface area contributed by atoms with Crippen molar-refractivity contribution in [3.05, 3.63) is 48.3 Å². The number of hydrogen-bond acceptors (Lipinski definition) is 5. The van der Waals surface area contributed by atoms with Crippen LogP contribution in [0.4, 0.5) is 19.0 Å². The van der Waals surface area contributed by atoms with E-state index in [1.807, 2.05) is 0 Å². The summed E-state index contributed by atoms with van der Waals surface area (Å²) in [5.74, 6) is -0.361. The fourth-order valence-electron chi connectivity index (χ4n) is 2.59. The number of alkyl halides is 3. The van der Waals surface area contributed by atoms with Gasteiger partial charge in [0.1, 0.15) is 0 Å². The number of halogens is 3. The molecule has 0 saturated carbocycles. The summed E-state index contributed by atoms with van der Waals surface area (Å²) in [6.45, 7) is 3.29. The Bertz CT molecular complexity index is 920. The number of aromatic nitrogens is 3. The van der Waals surface area contributed by atoms with Crippen LogP contribution in [0.25, 0.3) is 22.0 Å². The third-order valence-electron chi connectivity index (χ3n) is 3.66. The minimum Gasteiger partial charge on any atom is -0.386 e. The predicted octanol–water partition coefficient (Wildman–Crippen LogP) is 3.85. The third-order valence-corrected chi connectivity index (χ3v) is 3.66. The minimum atomic E-state index is -4.60. The molecule has 3 rings (SSSR count). The Hall–Kier alpha value is -2.74. The van der Waals surface area contributed by atoms with E-state index in [-0.39, 0.29) is 11.2 Å². The van der Waals surface area contributed by atoms with E-state index in [9.17, 15) is 18.3 Å². The van der Waals surface area contributed by atoms with Crippen LogP contribution in [0.2, 0.25) is 0 Å². The highest BCUT2D eigenvalue weighted by molar-refractivity contribution is 5.94. The van der Waals surface area contributed by atoms with E-state index in [4.69, 9.17) is 0 Å². The van der Waals surface area contributed by atoms with Crippen LogP contribution in [0.1, 0.15) is 19.4 Å². The van der Waals surface area contributed by atoms with Crippen molar-refractivity contribution < 1.29 is 18.3 Å². The van der Waals surface area contributed by atoms with E-state index in [1.165, 1.54) is 17.6 Å². The summed E-state index contributed by atoms with van der Waals surface area (Å²) in [7, 11) is 0. The highest BCUT2D eigenvalue weighted by Gasteiger charge is 2.29. The SMILES string of the molecule is CC(C)(O)c1cccnc1-c1ccc2c(NC(F)(F)F)nncc2c1. The van der Waals surface area contributed by atoms with Gasteiger partial charge in [0.25, 0.3) is 0 Å². The lowest BCUT2D eigenvalue weighted by Gasteiger charge is -2.21. The lowest BCUT2D eigenvalue weighted by molar-refractivity contribution is -0.100. The second kappa shape index (κ2) is 5.96. The maximum atomic E-state index is 12.6. The summed E-state index contributed by atoms with van der Waals surface area (Å²) in [5, 5.41) is 19.6. The van der Waals surface area contributed by atoms with Gasteiger partial charge in [0.15, 0.2) is 5.82 Å². The van der Waals surface area contributed by atoms with Crippen molar-refractivity contribution in [1.82, 2.24) is 15.2 Å². The van der Waals surface area contributed by atoms with Crippen molar-refractivity contribution >= 4 is 16.6 Å². The molecule has 0 unspecified atom stereocenters. The van der Waals surface area contributed by atoms with Crippen molar-refractivity contribution in [2.45, 2.75) is 25.7 Å². The average Bonchev–Trinajstić information content (AvgIpc) is 2.52. The summed E-state index contributed by atoms with van der Waals surface area (Å²) in [6, 6.07) is 8.31. The molecule has 3 aromatic rings. The maximum absolute atomic E-state index is 12.6. The van der Waals surface area contributed by atoms with E-state index in [0.29, 0.717) is 22.2 Å². The molecule has 130 valence electrons. The Morgan fingerprint density at radius 3 is 2.56 bits per heavy atom. The third kappa shape index (κ3) is 3.69. The van der Waals surface area contributed by atoms with Gasteiger partial charge >= 0.3 is 6.30 Å². The Kier molecular flexibility index (Phi) is 4.08. The smallest absolute Gasteiger partial charge is 0.386 e. The van der Waals surface area contributed by atoms with Crippen LogP contribution in [0, 0.1) is 0 Å². The van der Waals surface area contributed by atoms with Crippen LogP contribution in [0.5, 0.6) is 0 Å². The molecule has 5 nitrogen and oxygen atoms in total. The highest BCUT2D eigenvalue weighted by Crippen LogP contribution is 2.33. The predicted molar refractivity (Wildman–Crippen MR) is 87.7 cm³/mol. The Morgan fingerprint density at radius 1 is 1.12 bits per heavy atom. The molecular weight excluding hydrogens is 333 g/mol. The van der Waals surface area contributed by atoms with E-state index < -0.39 is 11.9 Å². The van der Waals surface area contributed by atoms with Crippen molar-refractivity contribution in [3.8, 4) is 11.3 Å². The van der Waals surface area contributed by atoms with Gasteiger partial charge in [-0.1, -0.05) is 12.1 Å². The topological polar surface area (TPSA) is 70.9 Å². The molecule has 0 aliphatic carbocycles. The van der Waals surface area contributed by atoms with E-state index >= 15 is 0 Å². The van der Waals surface area contributed by atoms with Crippen LogP contribution in [0.15, 0.2) is 42.7 Å². The number of fused-ring (bicyclic) bond motifs is 1. The van der Waals surface area contributed by atoms with E-state index in [2.05, 4.69) is 15.2 Å². The van der Waals surface area contributed by atoms with Crippen molar-refractivity contribution in [3.63, 3.8) is 0 Å². The Balaban J connectivity index is 2.13. The number of benzene rings is 1. The fraction of sp³-hybridized carbons (Fsp3) is 0.235. The summed E-state index contributed by atoms with van der Waals surface area (Å²) in [6.07, 6.45) is -1.63. The van der Waals surface area contributed by atoms with Crippen molar-refractivity contribution in [2.24, 2.45) is 0 Å². The zero-order chi connectivity index (χ0) is 18.2. The van der Waals surface area contributed by atoms with Gasteiger partial charge in [-0.25, -0.2) is 0 Å². The number of nitrogens with zero attached hydrogens (tertiary/aromatic N) is 3. The van der Waals surface area contributed by atoms with Gasteiger partial charge in [-0.2, -0.15) is 18.3 Å². The first-order valence-electron chi connectivity index (χ1n) is 7.44. The summed E-state index contributed by atoms with van der Waals surface area (Å²) < 4.78 is 37.7. The van der Waals surface area contributed by atoms with Gasteiger partial charge in [0.2, 0.25) is 0 Å². The molecular formula is C17H15F3N4O. The quantitative estimate of drug-likeness (QED) is 0.704. The molecule has 0 fully saturated rings. The largest absolute Gasteiger partial charge is 0.483 e. The first-order chi connectivity index (χ1) is 11.6. The lowest BCUT2D eigenvalue weighted by atomic mass is 9.93. The van der Waals surface area contributed by atoms with Gasteiger partial charge < -0.3 is 5.11 Å². The average molecular weight is 348 g/mol. The molecule has 0 spiro atoms. The van der Waals surface area contributed by atoms with Crippen molar-refractivity contribution in [1.29, 1.82) is 0 Å². The van der Waals surface area contributed by atoms with Gasteiger partial charge in [-0.05, 0) is 32.0 Å². The van der Waals surface area contributed by atoms with E-state index in [0.717, 1.165) is 0 Å². The number of hydrogen-bond donors (Lipinski definition) is 2. The molecule has 0 atom stereocenters. The monoisotopic (exact) mass is 348 g/mol. The van der Waals surface area contributed by atoms with E-state index in [1.54, 1.807) is 44.3 Å². The Morgan fingerprint density at radius 2 is 1.88 bits per heavy atom. The molecule has 1 aromatic carbocycles. The molecule has 0 aliphatic heterocycles. The number of rotatable bonds is 3.